The summed E-state index contributed by atoms with van der Waals surface area (Å²) in [5.41, 5.74) is 7.13. The van der Waals surface area contributed by atoms with Crippen molar-refractivity contribution in [2.75, 3.05) is 6.54 Å². The zero-order valence-electron chi connectivity index (χ0n) is 16.6. The Kier molecular flexibility index (Phi) is 8.68. The van der Waals surface area contributed by atoms with E-state index in [-0.39, 0.29) is 30.2 Å². The molecule has 8 nitrogen and oxygen atoms in total. The van der Waals surface area contributed by atoms with Crippen molar-refractivity contribution in [3.05, 3.63) is 59.7 Å². The van der Waals surface area contributed by atoms with E-state index in [0.29, 0.717) is 25.8 Å². The normalized spacial score (nSPS) is 11.5. The summed E-state index contributed by atoms with van der Waals surface area (Å²) in [5, 5.41) is 23.8. The number of amides is 3. The lowest BCUT2D eigenvalue weighted by atomic mass is 10.1. The molecule has 3 amide bonds. The topological polar surface area (TPSA) is 142 Å². The zero-order valence-corrected chi connectivity index (χ0v) is 16.6. The number of phenols is 2. The van der Waals surface area contributed by atoms with Crippen LogP contribution in [0.4, 0.5) is 0 Å². The van der Waals surface area contributed by atoms with Gasteiger partial charge in [0.15, 0.2) is 0 Å². The molecule has 0 spiro atoms. The number of nitrogens with two attached hydrogens (primary N) is 1. The number of carbonyl (C=O) groups excluding carboxylic acids is 3. The van der Waals surface area contributed by atoms with Gasteiger partial charge in [-0.3, -0.25) is 14.4 Å². The van der Waals surface area contributed by atoms with E-state index in [1.165, 1.54) is 0 Å². The van der Waals surface area contributed by atoms with Gasteiger partial charge in [-0.1, -0.05) is 24.3 Å². The predicted octanol–water partition coefficient (Wildman–Crippen LogP) is 1.14. The van der Waals surface area contributed by atoms with Crippen molar-refractivity contribution in [2.45, 2.75) is 38.1 Å². The number of carbonyl (C=O) groups is 3. The molecule has 0 unspecified atom stereocenters. The maximum Gasteiger partial charge on any atom is 0.243 e. The van der Waals surface area contributed by atoms with Crippen LogP contribution in [0.25, 0.3) is 0 Å². The second kappa shape index (κ2) is 11.5. The summed E-state index contributed by atoms with van der Waals surface area (Å²) in [6.45, 7) is 0.315. The van der Waals surface area contributed by atoms with Crippen LogP contribution in [-0.2, 0) is 27.2 Å². The largest absolute Gasteiger partial charge is 0.508 e. The monoisotopic (exact) mass is 413 g/mol. The van der Waals surface area contributed by atoms with Crippen LogP contribution in [0.3, 0.4) is 0 Å². The number of rotatable bonds is 11. The highest BCUT2D eigenvalue weighted by molar-refractivity contribution is 5.91. The van der Waals surface area contributed by atoms with Crippen molar-refractivity contribution < 1.29 is 24.6 Å². The van der Waals surface area contributed by atoms with Crippen molar-refractivity contribution in [3.8, 4) is 11.5 Å². The first kappa shape index (κ1) is 22.7. The average molecular weight is 413 g/mol. The molecule has 6 N–H and O–H groups in total. The van der Waals surface area contributed by atoms with E-state index >= 15 is 0 Å². The molecular weight excluding hydrogens is 386 g/mol. The van der Waals surface area contributed by atoms with Crippen molar-refractivity contribution in [3.63, 3.8) is 0 Å². The maximum atomic E-state index is 12.4. The van der Waals surface area contributed by atoms with Gasteiger partial charge >= 0.3 is 0 Å². The summed E-state index contributed by atoms with van der Waals surface area (Å²) in [6, 6.07) is 12.3. The van der Waals surface area contributed by atoms with Gasteiger partial charge in [0.1, 0.15) is 17.5 Å². The van der Waals surface area contributed by atoms with Crippen LogP contribution in [0.15, 0.2) is 48.5 Å². The molecule has 2 aromatic carbocycles. The fraction of sp³-hybridized carbons (Fsp3) is 0.318. The van der Waals surface area contributed by atoms with E-state index in [0.717, 1.165) is 11.1 Å². The maximum absolute atomic E-state index is 12.4. The third kappa shape index (κ3) is 8.22. The molecule has 160 valence electrons. The van der Waals surface area contributed by atoms with Crippen LogP contribution in [0.5, 0.6) is 11.5 Å². The van der Waals surface area contributed by atoms with Gasteiger partial charge < -0.3 is 26.6 Å². The Hall–Kier alpha value is -3.55. The number of aromatic hydroxyl groups is 2. The first-order valence-corrected chi connectivity index (χ1v) is 9.74. The van der Waals surface area contributed by atoms with Crippen LogP contribution in [0.1, 0.15) is 30.4 Å². The van der Waals surface area contributed by atoms with Crippen LogP contribution in [0, 0.1) is 0 Å². The van der Waals surface area contributed by atoms with Gasteiger partial charge in [-0.25, -0.2) is 0 Å². The highest BCUT2D eigenvalue weighted by atomic mass is 16.3. The van der Waals surface area contributed by atoms with Gasteiger partial charge in [-0.05, 0) is 54.7 Å². The Balaban J connectivity index is 1.78. The van der Waals surface area contributed by atoms with Crippen molar-refractivity contribution in [2.24, 2.45) is 5.73 Å². The lowest BCUT2D eigenvalue weighted by molar-refractivity contribution is -0.131. The highest BCUT2D eigenvalue weighted by Crippen LogP contribution is 2.12. The van der Waals surface area contributed by atoms with Gasteiger partial charge in [0.2, 0.25) is 17.7 Å². The van der Waals surface area contributed by atoms with Crippen LogP contribution in [-0.4, -0.2) is 40.5 Å². The second-order valence-electron chi connectivity index (χ2n) is 7.02. The van der Waals surface area contributed by atoms with E-state index in [2.05, 4.69) is 10.6 Å². The molecule has 2 rings (SSSR count). The van der Waals surface area contributed by atoms with Crippen LogP contribution < -0.4 is 16.4 Å². The Bertz CT molecular complexity index is 850. The molecule has 2 aromatic rings. The molecule has 0 aliphatic carbocycles. The van der Waals surface area contributed by atoms with Crippen molar-refractivity contribution in [1.82, 2.24) is 10.6 Å². The summed E-state index contributed by atoms with van der Waals surface area (Å²) in [5.74, 6) is -1.15. The molecule has 8 heteroatoms. The van der Waals surface area contributed by atoms with Crippen LogP contribution in [0.2, 0.25) is 0 Å². The number of aryl methyl sites for hydroxylation is 1. The Morgan fingerprint density at radius 3 is 1.93 bits per heavy atom. The van der Waals surface area contributed by atoms with Gasteiger partial charge in [0.05, 0.1) is 6.42 Å². The Morgan fingerprint density at radius 1 is 0.867 bits per heavy atom. The summed E-state index contributed by atoms with van der Waals surface area (Å²) >= 11 is 0. The Labute approximate surface area is 175 Å². The van der Waals surface area contributed by atoms with Gasteiger partial charge in [0.25, 0.3) is 0 Å². The van der Waals surface area contributed by atoms with Crippen molar-refractivity contribution in [1.29, 1.82) is 0 Å². The fourth-order valence-corrected chi connectivity index (χ4v) is 2.91. The molecule has 0 aliphatic rings. The zero-order chi connectivity index (χ0) is 21.9. The third-order valence-corrected chi connectivity index (χ3v) is 4.51. The highest BCUT2D eigenvalue weighted by Gasteiger charge is 2.22. The number of phenolic OH excluding ortho intramolecular Hbond substituents is 2. The first-order chi connectivity index (χ1) is 14.3. The van der Waals surface area contributed by atoms with Gasteiger partial charge in [-0.15, -0.1) is 0 Å². The third-order valence-electron chi connectivity index (χ3n) is 4.51. The van der Waals surface area contributed by atoms with E-state index < -0.39 is 17.9 Å². The summed E-state index contributed by atoms with van der Waals surface area (Å²) in [4.78, 5) is 35.9. The minimum Gasteiger partial charge on any atom is -0.508 e. The molecule has 30 heavy (non-hydrogen) atoms. The smallest absolute Gasteiger partial charge is 0.243 e. The lowest BCUT2D eigenvalue weighted by Gasteiger charge is -2.17. The molecule has 0 radical (unpaired) electrons. The van der Waals surface area contributed by atoms with E-state index in [9.17, 15) is 24.6 Å². The SMILES string of the molecule is NC(=O)C[C@@H](NC(=O)CCCc1ccc(O)cc1)C(=O)NCCc1ccc(O)cc1. The second-order valence-corrected chi connectivity index (χ2v) is 7.02. The molecule has 0 saturated heterocycles. The standard InChI is InChI=1S/C22H27N3O5/c23-20(28)14-19(22(30)24-13-12-16-6-10-18(27)11-7-16)25-21(29)3-1-2-15-4-8-17(26)9-5-15/h4-11,19,26-27H,1-3,12-14H2,(H2,23,28)(H,24,30)(H,25,29)/t19-/m1/s1. The minimum atomic E-state index is -1.02. The molecule has 0 fully saturated rings. The average Bonchev–Trinajstić information content (AvgIpc) is 2.70. The molecule has 0 saturated carbocycles. The summed E-state index contributed by atoms with van der Waals surface area (Å²) in [7, 11) is 0. The van der Waals surface area contributed by atoms with E-state index in [1.54, 1.807) is 48.5 Å². The fourth-order valence-electron chi connectivity index (χ4n) is 2.91. The van der Waals surface area contributed by atoms with E-state index in [4.69, 9.17) is 5.73 Å². The molecule has 0 aliphatic heterocycles. The summed E-state index contributed by atoms with van der Waals surface area (Å²) < 4.78 is 0. The molecule has 1 atom stereocenters. The number of hydrogen-bond acceptors (Lipinski definition) is 5. The van der Waals surface area contributed by atoms with Gasteiger partial charge in [-0.2, -0.15) is 0 Å². The number of primary amides is 1. The first-order valence-electron chi connectivity index (χ1n) is 9.74. The molecule has 0 bridgehead atoms. The Morgan fingerprint density at radius 2 is 1.40 bits per heavy atom. The number of nitrogens with one attached hydrogen (secondary N) is 2. The summed E-state index contributed by atoms with van der Waals surface area (Å²) in [6.07, 6.45) is 1.65. The lowest BCUT2D eigenvalue weighted by Crippen LogP contribution is -2.49. The van der Waals surface area contributed by atoms with Crippen molar-refractivity contribution >= 4 is 17.7 Å². The van der Waals surface area contributed by atoms with Crippen LogP contribution >= 0.6 is 0 Å². The molecular formula is C22H27N3O5. The quantitative estimate of drug-likeness (QED) is 0.376. The molecule has 0 aromatic heterocycles. The minimum absolute atomic E-state index is 0.164. The number of benzene rings is 2. The molecule has 0 heterocycles. The predicted molar refractivity (Wildman–Crippen MR) is 112 cm³/mol. The van der Waals surface area contributed by atoms with E-state index in [1.807, 2.05) is 0 Å². The van der Waals surface area contributed by atoms with Gasteiger partial charge in [0, 0.05) is 13.0 Å². The number of hydrogen-bond donors (Lipinski definition) is 5.